The van der Waals surface area contributed by atoms with Crippen molar-refractivity contribution in [2.24, 2.45) is 5.92 Å². The zero-order valence-electron chi connectivity index (χ0n) is 10.1. The van der Waals surface area contributed by atoms with Crippen LogP contribution in [0.4, 0.5) is 0 Å². The van der Waals surface area contributed by atoms with E-state index in [1.807, 2.05) is 35.0 Å². The highest BCUT2D eigenvalue weighted by Gasteiger charge is 2.20. The van der Waals surface area contributed by atoms with Gasteiger partial charge in [0.2, 0.25) is 5.91 Å². The van der Waals surface area contributed by atoms with Crippen molar-refractivity contribution in [3.8, 4) is 0 Å². The third-order valence-corrected chi connectivity index (χ3v) is 4.34. The molecule has 3 nitrogen and oxygen atoms in total. The fourth-order valence-corrected chi connectivity index (χ4v) is 3.10. The average molecular weight is 250 g/mol. The molecular formula is C13H18N2OS. The van der Waals surface area contributed by atoms with Crippen molar-refractivity contribution in [1.82, 2.24) is 9.88 Å². The summed E-state index contributed by atoms with van der Waals surface area (Å²) in [6, 6.07) is 6.01. The number of thioether (sulfide) groups is 1. The van der Waals surface area contributed by atoms with Crippen LogP contribution >= 0.6 is 11.8 Å². The van der Waals surface area contributed by atoms with E-state index in [9.17, 15) is 4.79 Å². The highest BCUT2D eigenvalue weighted by molar-refractivity contribution is 7.99. The summed E-state index contributed by atoms with van der Waals surface area (Å²) < 4.78 is 0. The SMILES string of the molecule is CC(=O)N1CCC(CSc2ccccn2)CC1. The summed E-state index contributed by atoms with van der Waals surface area (Å²) in [6.07, 6.45) is 4.08. The quantitative estimate of drug-likeness (QED) is 0.773. The van der Waals surface area contributed by atoms with E-state index >= 15 is 0 Å². The van der Waals surface area contributed by atoms with E-state index in [2.05, 4.69) is 11.1 Å². The maximum Gasteiger partial charge on any atom is 0.219 e. The van der Waals surface area contributed by atoms with Crippen molar-refractivity contribution >= 4 is 17.7 Å². The van der Waals surface area contributed by atoms with Crippen LogP contribution in [0.5, 0.6) is 0 Å². The maximum absolute atomic E-state index is 11.2. The number of pyridine rings is 1. The second-order valence-electron chi connectivity index (χ2n) is 4.43. The first-order valence-corrected chi connectivity index (χ1v) is 7.03. The fourth-order valence-electron chi connectivity index (χ4n) is 2.05. The predicted molar refractivity (Wildman–Crippen MR) is 69.9 cm³/mol. The Bertz CT molecular complexity index is 361. The van der Waals surface area contributed by atoms with Gasteiger partial charge < -0.3 is 4.90 Å². The molecule has 0 bridgehead atoms. The Labute approximate surface area is 107 Å². The van der Waals surface area contributed by atoms with Crippen molar-refractivity contribution in [2.75, 3.05) is 18.8 Å². The smallest absolute Gasteiger partial charge is 0.219 e. The van der Waals surface area contributed by atoms with Gasteiger partial charge in [0.25, 0.3) is 0 Å². The number of nitrogens with zero attached hydrogens (tertiary/aromatic N) is 2. The lowest BCUT2D eigenvalue weighted by atomic mass is 9.99. The van der Waals surface area contributed by atoms with Crippen LogP contribution in [0.2, 0.25) is 0 Å². The largest absolute Gasteiger partial charge is 0.343 e. The monoisotopic (exact) mass is 250 g/mol. The Morgan fingerprint density at radius 3 is 2.82 bits per heavy atom. The van der Waals surface area contributed by atoms with E-state index in [-0.39, 0.29) is 5.91 Å². The molecule has 4 heteroatoms. The van der Waals surface area contributed by atoms with Crippen LogP contribution in [0.3, 0.4) is 0 Å². The molecule has 92 valence electrons. The van der Waals surface area contributed by atoms with E-state index in [1.165, 1.54) is 0 Å². The minimum absolute atomic E-state index is 0.209. The van der Waals surface area contributed by atoms with Gasteiger partial charge in [-0.2, -0.15) is 0 Å². The Morgan fingerprint density at radius 1 is 1.47 bits per heavy atom. The third-order valence-electron chi connectivity index (χ3n) is 3.16. The van der Waals surface area contributed by atoms with Gasteiger partial charge in [0.05, 0.1) is 5.03 Å². The maximum atomic E-state index is 11.2. The Hall–Kier alpha value is -1.03. The van der Waals surface area contributed by atoms with E-state index in [1.54, 1.807) is 6.92 Å². The zero-order chi connectivity index (χ0) is 12.1. The standard InChI is InChI=1S/C13H18N2OS/c1-11(16)15-8-5-12(6-9-15)10-17-13-4-2-3-7-14-13/h2-4,7,12H,5-6,8-10H2,1H3. The highest BCUT2D eigenvalue weighted by atomic mass is 32.2. The van der Waals surface area contributed by atoms with Crippen molar-refractivity contribution < 1.29 is 4.79 Å². The number of hydrogen-bond donors (Lipinski definition) is 0. The molecule has 1 aromatic heterocycles. The molecule has 1 aromatic rings. The van der Waals surface area contributed by atoms with Crippen molar-refractivity contribution in [3.63, 3.8) is 0 Å². The Morgan fingerprint density at radius 2 is 2.24 bits per heavy atom. The number of piperidine rings is 1. The molecule has 0 saturated carbocycles. The molecule has 0 N–H and O–H groups in total. The van der Waals surface area contributed by atoms with Crippen LogP contribution in [0.25, 0.3) is 0 Å². The second-order valence-corrected chi connectivity index (χ2v) is 5.47. The van der Waals surface area contributed by atoms with Crippen molar-refractivity contribution in [3.05, 3.63) is 24.4 Å². The molecule has 0 aliphatic carbocycles. The summed E-state index contributed by atoms with van der Waals surface area (Å²) in [6.45, 7) is 3.49. The number of hydrogen-bond acceptors (Lipinski definition) is 3. The molecule has 1 aliphatic rings. The molecule has 17 heavy (non-hydrogen) atoms. The number of likely N-dealkylation sites (tertiary alicyclic amines) is 1. The van der Waals surface area contributed by atoms with Gasteiger partial charge in [0.15, 0.2) is 0 Å². The van der Waals surface area contributed by atoms with Crippen LogP contribution in [-0.2, 0) is 4.79 Å². The molecule has 2 rings (SSSR count). The van der Waals surface area contributed by atoms with Gasteiger partial charge >= 0.3 is 0 Å². The molecule has 1 fully saturated rings. The first-order chi connectivity index (χ1) is 8.25. The van der Waals surface area contributed by atoms with Gasteiger partial charge in [-0.15, -0.1) is 11.8 Å². The summed E-state index contributed by atoms with van der Waals surface area (Å²) in [7, 11) is 0. The van der Waals surface area contributed by atoms with Crippen molar-refractivity contribution in [2.45, 2.75) is 24.8 Å². The van der Waals surface area contributed by atoms with Crippen molar-refractivity contribution in [1.29, 1.82) is 0 Å². The average Bonchev–Trinajstić information content (AvgIpc) is 2.38. The molecular weight excluding hydrogens is 232 g/mol. The zero-order valence-corrected chi connectivity index (χ0v) is 10.9. The highest BCUT2D eigenvalue weighted by Crippen LogP contribution is 2.25. The summed E-state index contributed by atoms with van der Waals surface area (Å²) in [5.74, 6) is 2.04. The molecule has 0 aromatic carbocycles. The van der Waals surface area contributed by atoms with Crippen LogP contribution in [-0.4, -0.2) is 34.6 Å². The van der Waals surface area contributed by atoms with Crippen LogP contribution in [0.1, 0.15) is 19.8 Å². The second kappa shape index (κ2) is 6.05. The normalized spacial score (nSPS) is 17.1. The first kappa shape index (κ1) is 12.4. The number of aromatic nitrogens is 1. The molecule has 1 aliphatic heterocycles. The summed E-state index contributed by atoms with van der Waals surface area (Å²) in [5, 5.41) is 1.10. The molecule has 0 unspecified atom stereocenters. The first-order valence-electron chi connectivity index (χ1n) is 6.05. The minimum Gasteiger partial charge on any atom is -0.343 e. The van der Waals surface area contributed by atoms with Gasteiger partial charge in [0.1, 0.15) is 0 Å². The third kappa shape index (κ3) is 3.73. The summed E-state index contributed by atoms with van der Waals surface area (Å²) in [4.78, 5) is 17.4. The van der Waals surface area contributed by atoms with Gasteiger partial charge in [-0.3, -0.25) is 4.79 Å². The van der Waals surface area contributed by atoms with Gasteiger partial charge in [-0.05, 0) is 30.9 Å². The van der Waals surface area contributed by atoms with Crippen LogP contribution in [0.15, 0.2) is 29.4 Å². The summed E-state index contributed by atoms with van der Waals surface area (Å²) in [5.41, 5.74) is 0. The topological polar surface area (TPSA) is 33.2 Å². The summed E-state index contributed by atoms with van der Waals surface area (Å²) >= 11 is 1.82. The molecule has 0 spiro atoms. The van der Waals surface area contributed by atoms with E-state index in [0.717, 1.165) is 42.6 Å². The van der Waals surface area contributed by atoms with Gasteiger partial charge in [-0.1, -0.05) is 6.07 Å². The van der Waals surface area contributed by atoms with Gasteiger partial charge in [-0.25, -0.2) is 4.98 Å². The van der Waals surface area contributed by atoms with Crippen LogP contribution < -0.4 is 0 Å². The molecule has 1 amide bonds. The number of rotatable bonds is 3. The van der Waals surface area contributed by atoms with E-state index in [4.69, 9.17) is 0 Å². The Balaban J connectivity index is 1.74. The molecule has 0 atom stereocenters. The fraction of sp³-hybridized carbons (Fsp3) is 0.538. The Kier molecular flexibility index (Phi) is 4.42. The van der Waals surface area contributed by atoms with Gasteiger partial charge in [0, 0.05) is 32.0 Å². The van der Waals surface area contributed by atoms with E-state index in [0.29, 0.717) is 0 Å². The lowest BCUT2D eigenvalue weighted by molar-refractivity contribution is -0.130. The predicted octanol–water partition coefficient (Wildman–Crippen LogP) is 2.43. The molecule has 2 heterocycles. The molecule has 1 saturated heterocycles. The van der Waals surface area contributed by atoms with E-state index < -0.39 is 0 Å². The molecule has 0 radical (unpaired) electrons. The lowest BCUT2D eigenvalue weighted by Gasteiger charge is -2.30. The van der Waals surface area contributed by atoms with Crippen LogP contribution in [0, 0.1) is 5.92 Å². The minimum atomic E-state index is 0.209. The number of carbonyl (C=O) groups is 1. The number of amides is 1. The number of carbonyl (C=O) groups excluding carboxylic acids is 1. The lowest BCUT2D eigenvalue weighted by Crippen LogP contribution is -2.37.